The summed E-state index contributed by atoms with van der Waals surface area (Å²) in [6, 6.07) is 23.9. The first-order valence-electron chi connectivity index (χ1n) is 22.8. The molecule has 15 nitrogen and oxygen atoms in total. The zero-order valence-corrected chi connectivity index (χ0v) is 39.3. The van der Waals surface area contributed by atoms with E-state index in [1.165, 1.54) is 27.9 Å². The van der Waals surface area contributed by atoms with Crippen LogP contribution in [0.4, 0.5) is 10.5 Å². The van der Waals surface area contributed by atoms with E-state index in [1.54, 1.807) is 24.3 Å². The summed E-state index contributed by atoms with van der Waals surface area (Å²) in [5.74, 6) is -1.20. The molecule has 358 valence electrons. The largest absolute Gasteiger partial charge is 0.507 e. The molecule has 0 aliphatic heterocycles. The highest BCUT2D eigenvalue weighted by atomic mass is 16.5. The summed E-state index contributed by atoms with van der Waals surface area (Å²) in [6.45, 7) is 9.26. The van der Waals surface area contributed by atoms with Crippen molar-refractivity contribution in [2.75, 3.05) is 25.6 Å². The second-order valence-electron chi connectivity index (χ2n) is 16.9. The SMILES string of the molecule is CCCOc1c2cccc1Cc1cc(C(=O)N[C@@H](C)C(=O)OC)cc(c1O)Cc1cccc(c1OCCC)Cc1cc(NC(=O)[C@H](C)NC(=O)[C@H](C)NC(=O)OCc3ccccc3)cc(c1O)C2. The van der Waals surface area contributed by atoms with Gasteiger partial charge in [0.2, 0.25) is 11.8 Å². The Morgan fingerprint density at radius 2 is 1.04 bits per heavy atom. The van der Waals surface area contributed by atoms with E-state index in [9.17, 15) is 34.2 Å². The summed E-state index contributed by atoms with van der Waals surface area (Å²) in [5, 5.41) is 34.9. The lowest BCUT2D eigenvalue weighted by Crippen LogP contribution is -2.50. The number of methoxy groups -OCH3 is 1. The van der Waals surface area contributed by atoms with Crippen LogP contribution in [0.3, 0.4) is 0 Å². The summed E-state index contributed by atoms with van der Waals surface area (Å²) < 4.78 is 22.9. The number of anilines is 1. The molecule has 0 saturated carbocycles. The summed E-state index contributed by atoms with van der Waals surface area (Å²) in [7, 11) is 1.25. The van der Waals surface area contributed by atoms with E-state index in [0.29, 0.717) is 87.7 Å². The Morgan fingerprint density at radius 3 is 1.51 bits per heavy atom. The summed E-state index contributed by atoms with van der Waals surface area (Å²) in [6.07, 6.45) is 1.22. The van der Waals surface area contributed by atoms with Gasteiger partial charge in [-0.2, -0.15) is 0 Å². The predicted octanol–water partition coefficient (Wildman–Crippen LogP) is 7.40. The summed E-state index contributed by atoms with van der Waals surface area (Å²) in [4.78, 5) is 65.4. The first-order valence-corrected chi connectivity index (χ1v) is 22.8. The number of rotatable bonds is 16. The van der Waals surface area contributed by atoms with Gasteiger partial charge in [-0.05, 0) is 96.8 Å². The second kappa shape index (κ2) is 23.3. The number of nitrogens with one attached hydrogen (secondary N) is 4. The molecule has 6 rings (SSSR count). The van der Waals surface area contributed by atoms with Crippen LogP contribution in [0.2, 0.25) is 0 Å². The highest BCUT2D eigenvalue weighted by molar-refractivity contribution is 5.98. The number of aromatic hydroxyl groups is 2. The molecule has 0 saturated heterocycles. The van der Waals surface area contributed by atoms with E-state index >= 15 is 0 Å². The molecule has 15 heteroatoms. The van der Waals surface area contributed by atoms with Gasteiger partial charge in [-0.25, -0.2) is 9.59 Å². The number of phenolic OH excluding ortho intramolecular Hbond substituents is 2. The number of alkyl carbamates (subject to hydrolysis) is 1. The standard InChI is InChI=1S/C53H60N4O11/c1-7-20-66-47-35-16-12-18-37(47)24-41-28-44(57-50(61)31(3)54-49(60)32(4)56-53(64)68-30-34-14-10-9-11-15-34)29-42(46(41)59)25-38-19-13-17-36(48(38)67-21-8-2)23-40-27-43(26-39(22-35)45(40)58)51(62)55-33(5)52(63)65-6/h9-19,26-29,31-33,58-59H,7-8,20-25,30H2,1-6H3,(H,54,60)(H,55,62)(H,56,64)(H,57,61)/t31-,32-,33-/m0/s1. The number of hydrogen-bond donors (Lipinski definition) is 6. The Kier molecular flexibility index (Phi) is 17.1. The van der Waals surface area contributed by atoms with E-state index in [2.05, 4.69) is 21.3 Å². The smallest absolute Gasteiger partial charge is 0.408 e. The van der Waals surface area contributed by atoms with Crippen molar-refractivity contribution in [3.8, 4) is 23.0 Å². The lowest BCUT2D eigenvalue weighted by Gasteiger charge is -2.22. The molecule has 0 unspecified atom stereocenters. The van der Waals surface area contributed by atoms with Crippen molar-refractivity contribution >= 4 is 35.5 Å². The van der Waals surface area contributed by atoms with E-state index in [0.717, 1.165) is 5.56 Å². The number of carbonyl (C=O) groups is 5. The van der Waals surface area contributed by atoms with Gasteiger partial charge in [0.05, 0.1) is 20.3 Å². The van der Waals surface area contributed by atoms with Crippen molar-refractivity contribution in [1.82, 2.24) is 16.0 Å². The first-order chi connectivity index (χ1) is 32.7. The Bertz CT molecular complexity index is 2530. The summed E-state index contributed by atoms with van der Waals surface area (Å²) >= 11 is 0. The molecule has 0 radical (unpaired) electrons. The highest BCUT2D eigenvalue weighted by Gasteiger charge is 2.26. The number of esters is 1. The molecule has 1 aliphatic rings. The van der Waals surface area contributed by atoms with E-state index in [4.69, 9.17) is 18.9 Å². The van der Waals surface area contributed by atoms with Crippen LogP contribution in [-0.4, -0.2) is 78.4 Å². The number of fused-ring (bicyclic) bond motifs is 8. The third kappa shape index (κ3) is 12.7. The van der Waals surface area contributed by atoms with Crippen molar-refractivity contribution in [3.05, 3.63) is 147 Å². The fourth-order valence-corrected chi connectivity index (χ4v) is 7.87. The number of para-hydroxylation sites is 2. The molecule has 4 amide bonds. The molecule has 3 atom stereocenters. The average molecular weight is 929 g/mol. The molecular weight excluding hydrogens is 869 g/mol. The molecular formula is C53H60N4O11. The molecule has 0 fully saturated rings. The van der Waals surface area contributed by atoms with Crippen LogP contribution in [0.15, 0.2) is 91.0 Å². The number of benzene rings is 5. The molecule has 5 aromatic carbocycles. The van der Waals surface area contributed by atoms with Crippen LogP contribution < -0.4 is 30.7 Å². The maximum absolute atomic E-state index is 13.8. The van der Waals surface area contributed by atoms with E-state index in [1.807, 2.05) is 80.6 Å². The Balaban J connectivity index is 1.37. The number of phenols is 2. The van der Waals surface area contributed by atoms with Gasteiger partial charge in [0.25, 0.3) is 5.91 Å². The van der Waals surface area contributed by atoms with Gasteiger partial charge in [-0.15, -0.1) is 0 Å². The Labute approximate surface area is 396 Å². The van der Waals surface area contributed by atoms with Crippen LogP contribution >= 0.6 is 0 Å². The molecule has 8 bridgehead atoms. The van der Waals surface area contributed by atoms with Crippen LogP contribution in [0.5, 0.6) is 23.0 Å². The maximum Gasteiger partial charge on any atom is 0.408 e. The number of carbonyl (C=O) groups excluding carboxylic acids is 5. The molecule has 0 heterocycles. The first kappa shape index (κ1) is 49.9. The molecule has 68 heavy (non-hydrogen) atoms. The highest BCUT2D eigenvalue weighted by Crippen LogP contribution is 2.40. The predicted molar refractivity (Wildman–Crippen MR) is 256 cm³/mol. The number of hydrogen-bond acceptors (Lipinski definition) is 11. The van der Waals surface area contributed by atoms with E-state index in [-0.39, 0.29) is 49.4 Å². The maximum atomic E-state index is 13.8. The van der Waals surface area contributed by atoms with Crippen molar-refractivity contribution in [1.29, 1.82) is 0 Å². The average Bonchev–Trinajstić information content (AvgIpc) is 3.32. The molecule has 0 aromatic heterocycles. The minimum Gasteiger partial charge on any atom is -0.507 e. The Morgan fingerprint density at radius 1 is 0.574 bits per heavy atom. The quantitative estimate of drug-likeness (QED) is 0.0416. The van der Waals surface area contributed by atoms with Gasteiger partial charge in [0.1, 0.15) is 47.7 Å². The lowest BCUT2D eigenvalue weighted by molar-refractivity contribution is -0.142. The number of ether oxygens (including phenoxy) is 4. The van der Waals surface area contributed by atoms with Crippen molar-refractivity contribution < 1.29 is 53.1 Å². The topological polar surface area (TPSA) is 211 Å². The van der Waals surface area contributed by atoms with Gasteiger partial charge in [-0.1, -0.05) is 80.6 Å². The van der Waals surface area contributed by atoms with Crippen LogP contribution in [-0.2, 0) is 56.1 Å². The second-order valence-corrected chi connectivity index (χ2v) is 16.9. The van der Waals surface area contributed by atoms with Gasteiger partial charge in [0, 0.05) is 48.1 Å². The third-order valence-corrected chi connectivity index (χ3v) is 11.4. The fraction of sp³-hybridized carbons (Fsp3) is 0.340. The fourth-order valence-electron chi connectivity index (χ4n) is 7.87. The van der Waals surface area contributed by atoms with Gasteiger partial charge < -0.3 is 50.4 Å². The summed E-state index contributed by atoms with van der Waals surface area (Å²) in [5.41, 5.74) is 6.07. The van der Waals surface area contributed by atoms with Crippen molar-refractivity contribution in [3.63, 3.8) is 0 Å². The van der Waals surface area contributed by atoms with Crippen molar-refractivity contribution in [2.45, 2.75) is 97.9 Å². The zero-order valence-electron chi connectivity index (χ0n) is 39.3. The van der Waals surface area contributed by atoms with Gasteiger partial charge >= 0.3 is 12.1 Å². The molecule has 0 spiro atoms. The van der Waals surface area contributed by atoms with Crippen LogP contribution in [0.1, 0.15) is 108 Å². The number of amides is 4. The van der Waals surface area contributed by atoms with Crippen molar-refractivity contribution in [2.24, 2.45) is 0 Å². The van der Waals surface area contributed by atoms with Gasteiger partial charge in [-0.3, -0.25) is 14.4 Å². The zero-order chi connectivity index (χ0) is 48.9. The minimum absolute atomic E-state index is 0.00548. The molecule has 1 aliphatic carbocycles. The van der Waals surface area contributed by atoms with Gasteiger partial charge in [0.15, 0.2) is 0 Å². The molecule has 6 N–H and O–H groups in total. The van der Waals surface area contributed by atoms with Crippen LogP contribution in [0, 0.1) is 0 Å². The minimum atomic E-state index is -1.04. The monoisotopic (exact) mass is 928 g/mol. The normalized spacial score (nSPS) is 13.1. The molecule has 5 aromatic rings. The lowest BCUT2D eigenvalue weighted by atomic mass is 9.90. The Hall–Kier alpha value is -7.55. The van der Waals surface area contributed by atoms with E-state index < -0.39 is 47.9 Å². The third-order valence-electron chi connectivity index (χ3n) is 11.4. The van der Waals surface area contributed by atoms with Crippen LogP contribution in [0.25, 0.3) is 0 Å².